The number of sulfonamides is 2. The van der Waals surface area contributed by atoms with Crippen molar-refractivity contribution in [3.63, 3.8) is 0 Å². The molecular weight excluding hydrogens is 368 g/mol. The van der Waals surface area contributed by atoms with E-state index in [1.807, 2.05) is 0 Å². The summed E-state index contributed by atoms with van der Waals surface area (Å²) in [5.41, 5.74) is 0.449. The van der Waals surface area contributed by atoms with Crippen molar-refractivity contribution >= 4 is 26.0 Å². The molecule has 0 atom stereocenters. The molecule has 0 bridgehead atoms. The van der Waals surface area contributed by atoms with Crippen molar-refractivity contribution in [1.29, 1.82) is 0 Å². The number of piperidine rings is 1. The molecule has 10 heteroatoms. The number of rotatable bonds is 6. The third-order valence-corrected chi connectivity index (χ3v) is 8.00. The summed E-state index contributed by atoms with van der Waals surface area (Å²) in [7, 11) is -6.74. The molecule has 0 spiro atoms. The summed E-state index contributed by atoms with van der Waals surface area (Å²) in [4.78, 5) is 10.5. The lowest BCUT2D eigenvalue weighted by atomic mass is 10.2. The monoisotopic (exact) mass is 390 g/mol. The highest BCUT2D eigenvalue weighted by Gasteiger charge is 2.30. The smallest absolute Gasteiger partial charge is 0.318 e. The fourth-order valence-electron chi connectivity index (χ4n) is 2.72. The molecule has 8 nitrogen and oxygen atoms in total. The predicted octanol–water partition coefficient (Wildman–Crippen LogP) is 0.875. The minimum Gasteiger partial charge on any atom is -0.480 e. The largest absolute Gasteiger partial charge is 0.480 e. The van der Waals surface area contributed by atoms with E-state index < -0.39 is 32.6 Å². The zero-order chi connectivity index (χ0) is 18.8. The Morgan fingerprint density at radius 1 is 1.16 bits per heavy atom. The van der Waals surface area contributed by atoms with Gasteiger partial charge in [0.2, 0.25) is 20.0 Å². The highest BCUT2D eigenvalue weighted by Crippen LogP contribution is 2.26. The number of nitrogens with zero attached hydrogens (tertiary/aromatic N) is 2. The second-order valence-electron chi connectivity index (χ2n) is 6.05. The van der Waals surface area contributed by atoms with Crippen molar-refractivity contribution in [2.24, 2.45) is 0 Å². The number of likely N-dealkylation sites (N-methyl/N-ethyl adjacent to an activating group) is 1. The summed E-state index contributed by atoms with van der Waals surface area (Å²) in [5.74, 6) is -1.29. The number of carboxylic acids is 1. The Morgan fingerprint density at radius 2 is 1.76 bits per heavy atom. The van der Waals surface area contributed by atoms with E-state index in [9.17, 15) is 21.6 Å². The standard InChI is InChI=1S/C15H22N2O6S2/c1-12-6-7-13(24(20,21)16(2)11-15(18)19)10-14(12)25(22,23)17-8-4-3-5-9-17/h6-7,10H,3-5,8-9,11H2,1-2H3,(H,18,19). The van der Waals surface area contributed by atoms with Gasteiger partial charge in [-0.3, -0.25) is 4.79 Å². The van der Waals surface area contributed by atoms with Crippen LogP contribution in [0.5, 0.6) is 0 Å². The molecule has 1 heterocycles. The first-order chi connectivity index (χ1) is 11.6. The molecule has 2 rings (SSSR count). The van der Waals surface area contributed by atoms with E-state index in [-0.39, 0.29) is 9.79 Å². The second-order valence-corrected chi connectivity index (χ2v) is 10.00. The summed E-state index contributed by atoms with van der Waals surface area (Å²) in [6.45, 7) is 1.73. The number of hydrogen-bond donors (Lipinski definition) is 1. The van der Waals surface area contributed by atoms with Gasteiger partial charge < -0.3 is 5.11 Å². The molecule has 1 fully saturated rings. The Kier molecular flexibility index (Phi) is 5.87. The van der Waals surface area contributed by atoms with Crippen LogP contribution in [0.15, 0.2) is 28.0 Å². The van der Waals surface area contributed by atoms with Crippen LogP contribution in [0, 0.1) is 6.92 Å². The van der Waals surface area contributed by atoms with Crippen molar-refractivity contribution in [3.05, 3.63) is 23.8 Å². The first kappa shape index (κ1) is 19.8. The summed E-state index contributed by atoms with van der Waals surface area (Å²) in [6.07, 6.45) is 2.52. The molecule has 140 valence electrons. The maximum Gasteiger partial charge on any atom is 0.318 e. The van der Waals surface area contributed by atoms with Gasteiger partial charge >= 0.3 is 5.97 Å². The Balaban J connectivity index is 2.45. The van der Waals surface area contributed by atoms with Gasteiger partial charge in [0.15, 0.2) is 0 Å². The normalized spacial score (nSPS) is 16.9. The maximum absolute atomic E-state index is 12.9. The van der Waals surface area contributed by atoms with Crippen LogP contribution < -0.4 is 0 Å². The van der Waals surface area contributed by atoms with Gasteiger partial charge in [0.25, 0.3) is 0 Å². The van der Waals surface area contributed by atoms with E-state index >= 15 is 0 Å². The lowest BCUT2D eigenvalue weighted by Crippen LogP contribution is -2.36. The molecule has 1 aromatic carbocycles. The van der Waals surface area contributed by atoms with Crippen molar-refractivity contribution in [2.75, 3.05) is 26.7 Å². The van der Waals surface area contributed by atoms with Crippen LogP contribution in [-0.2, 0) is 24.8 Å². The first-order valence-corrected chi connectivity index (χ1v) is 10.7. The average Bonchev–Trinajstić information content (AvgIpc) is 2.55. The Labute approximate surface area is 148 Å². The molecule has 1 aliphatic heterocycles. The van der Waals surface area contributed by atoms with Gasteiger partial charge in [0.05, 0.1) is 9.79 Å². The fraction of sp³-hybridized carbons (Fsp3) is 0.533. The van der Waals surface area contributed by atoms with E-state index in [1.54, 1.807) is 6.92 Å². The Bertz CT molecular complexity index is 858. The van der Waals surface area contributed by atoms with Gasteiger partial charge in [-0.1, -0.05) is 12.5 Å². The van der Waals surface area contributed by atoms with E-state index in [4.69, 9.17) is 5.11 Å². The molecule has 1 aromatic rings. The number of benzene rings is 1. The van der Waals surface area contributed by atoms with Crippen LogP contribution in [0.2, 0.25) is 0 Å². The van der Waals surface area contributed by atoms with Crippen molar-refractivity contribution < 1.29 is 26.7 Å². The van der Waals surface area contributed by atoms with Crippen molar-refractivity contribution in [2.45, 2.75) is 36.0 Å². The molecule has 1 aliphatic rings. The van der Waals surface area contributed by atoms with Gasteiger partial charge in [-0.2, -0.15) is 8.61 Å². The average molecular weight is 390 g/mol. The van der Waals surface area contributed by atoms with E-state index in [2.05, 4.69) is 0 Å². The molecule has 1 N–H and O–H groups in total. The van der Waals surface area contributed by atoms with E-state index in [0.29, 0.717) is 23.0 Å². The Morgan fingerprint density at radius 3 is 2.32 bits per heavy atom. The quantitative estimate of drug-likeness (QED) is 0.771. The summed E-state index contributed by atoms with van der Waals surface area (Å²) >= 11 is 0. The van der Waals surface area contributed by atoms with Gasteiger partial charge in [-0.15, -0.1) is 0 Å². The highest BCUT2D eigenvalue weighted by atomic mass is 32.2. The topological polar surface area (TPSA) is 112 Å². The summed E-state index contributed by atoms with van der Waals surface area (Å²) in [6, 6.07) is 3.84. The predicted molar refractivity (Wildman–Crippen MR) is 91.2 cm³/mol. The molecule has 0 aliphatic carbocycles. The van der Waals surface area contributed by atoms with Gasteiger partial charge in [-0.05, 0) is 37.5 Å². The van der Waals surface area contributed by atoms with E-state index in [1.165, 1.54) is 16.4 Å². The van der Waals surface area contributed by atoms with Crippen molar-refractivity contribution in [3.8, 4) is 0 Å². The van der Waals surface area contributed by atoms with Crippen LogP contribution in [-0.4, -0.2) is 63.2 Å². The lowest BCUT2D eigenvalue weighted by molar-refractivity contribution is -0.137. The third kappa shape index (κ3) is 4.20. The summed E-state index contributed by atoms with van der Waals surface area (Å²) < 4.78 is 52.7. The zero-order valence-electron chi connectivity index (χ0n) is 14.2. The van der Waals surface area contributed by atoms with Gasteiger partial charge in [0, 0.05) is 20.1 Å². The zero-order valence-corrected chi connectivity index (χ0v) is 15.8. The molecule has 25 heavy (non-hydrogen) atoms. The maximum atomic E-state index is 12.9. The molecule has 0 saturated carbocycles. The first-order valence-electron chi connectivity index (χ1n) is 7.86. The minimum atomic E-state index is -4.09. The fourth-order valence-corrected chi connectivity index (χ4v) is 5.71. The lowest BCUT2D eigenvalue weighted by Gasteiger charge is -2.27. The molecule has 1 saturated heterocycles. The third-order valence-electron chi connectivity index (χ3n) is 4.16. The van der Waals surface area contributed by atoms with Crippen LogP contribution in [0.4, 0.5) is 0 Å². The molecule has 0 radical (unpaired) electrons. The van der Waals surface area contributed by atoms with Crippen LogP contribution >= 0.6 is 0 Å². The van der Waals surface area contributed by atoms with E-state index in [0.717, 1.165) is 32.4 Å². The van der Waals surface area contributed by atoms with Gasteiger partial charge in [0.1, 0.15) is 6.54 Å². The minimum absolute atomic E-state index is 0.0563. The molecular formula is C15H22N2O6S2. The molecule has 0 amide bonds. The molecule has 0 unspecified atom stereocenters. The van der Waals surface area contributed by atoms with Gasteiger partial charge in [-0.25, -0.2) is 16.8 Å². The highest BCUT2D eigenvalue weighted by molar-refractivity contribution is 7.90. The van der Waals surface area contributed by atoms with Crippen molar-refractivity contribution in [1.82, 2.24) is 8.61 Å². The SMILES string of the molecule is Cc1ccc(S(=O)(=O)N(C)CC(=O)O)cc1S(=O)(=O)N1CCCCC1. The number of carboxylic acid groups (broad SMARTS) is 1. The number of hydrogen-bond acceptors (Lipinski definition) is 5. The Hall–Kier alpha value is -1.49. The summed E-state index contributed by atoms with van der Waals surface area (Å²) in [5, 5.41) is 8.78. The molecule has 0 aromatic heterocycles. The van der Waals surface area contributed by atoms with Crippen LogP contribution in [0.3, 0.4) is 0 Å². The number of carbonyl (C=O) groups is 1. The van der Waals surface area contributed by atoms with Crippen LogP contribution in [0.25, 0.3) is 0 Å². The number of aryl methyl sites for hydroxylation is 1. The number of aliphatic carboxylic acids is 1. The van der Waals surface area contributed by atoms with Crippen LogP contribution in [0.1, 0.15) is 24.8 Å². The second kappa shape index (κ2) is 7.40.